The largest absolute Gasteiger partial charge is 0.351 e. The van der Waals surface area contributed by atoms with Crippen LogP contribution in [0.3, 0.4) is 0 Å². The van der Waals surface area contributed by atoms with Crippen molar-refractivity contribution in [1.29, 1.82) is 0 Å². The zero-order chi connectivity index (χ0) is 13.3. The molecular formula is C13H23N3O. The second-order valence-corrected chi connectivity index (χ2v) is 5.07. The maximum atomic E-state index is 12.1. The summed E-state index contributed by atoms with van der Waals surface area (Å²) in [6.07, 6.45) is 0. The van der Waals surface area contributed by atoms with E-state index in [4.69, 9.17) is 0 Å². The van der Waals surface area contributed by atoms with Crippen molar-refractivity contribution < 1.29 is 0 Å². The Morgan fingerprint density at radius 1 is 1.12 bits per heavy atom. The van der Waals surface area contributed by atoms with Crippen molar-refractivity contribution in [3.63, 3.8) is 0 Å². The molecule has 4 heteroatoms. The Labute approximate surface area is 103 Å². The normalized spacial score (nSPS) is 11.4. The molecular weight excluding hydrogens is 214 g/mol. The molecule has 0 amide bonds. The van der Waals surface area contributed by atoms with Gasteiger partial charge in [0.05, 0.1) is 5.56 Å². The molecule has 0 atom stereocenters. The third-order valence-corrected chi connectivity index (χ3v) is 3.07. The molecule has 0 aromatic carbocycles. The van der Waals surface area contributed by atoms with Crippen LogP contribution in [0.2, 0.25) is 0 Å². The van der Waals surface area contributed by atoms with Crippen LogP contribution in [-0.4, -0.2) is 21.6 Å². The molecule has 1 aromatic rings. The van der Waals surface area contributed by atoms with Crippen LogP contribution in [0.15, 0.2) is 4.79 Å². The van der Waals surface area contributed by atoms with Crippen LogP contribution in [0.25, 0.3) is 0 Å². The highest BCUT2D eigenvalue weighted by atomic mass is 16.1. The average molecular weight is 237 g/mol. The molecule has 0 N–H and O–H groups in total. The summed E-state index contributed by atoms with van der Waals surface area (Å²) < 4.78 is 1.59. The summed E-state index contributed by atoms with van der Waals surface area (Å²) >= 11 is 0. The Morgan fingerprint density at radius 3 is 2.00 bits per heavy atom. The van der Waals surface area contributed by atoms with Gasteiger partial charge in [-0.2, -0.15) is 0 Å². The van der Waals surface area contributed by atoms with Gasteiger partial charge in [-0.3, -0.25) is 9.36 Å². The monoisotopic (exact) mass is 237 g/mol. The highest BCUT2D eigenvalue weighted by Gasteiger charge is 2.20. The maximum Gasteiger partial charge on any atom is 0.258 e. The molecule has 0 aliphatic rings. The highest BCUT2D eigenvalue weighted by Crippen LogP contribution is 2.19. The predicted octanol–water partition coefficient (Wildman–Crippen LogP) is 2.02. The molecule has 0 saturated heterocycles. The van der Waals surface area contributed by atoms with E-state index in [1.807, 2.05) is 13.8 Å². The van der Waals surface area contributed by atoms with E-state index in [-0.39, 0.29) is 5.56 Å². The van der Waals surface area contributed by atoms with Gasteiger partial charge in [0.25, 0.3) is 5.56 Å². The number of hydrogen-bond donors (Lipinski definition) is 0. The lowest BCUT2D eigenvalue weighted by Crippen LogP contribution is -2.40. The molecule has 0 bridgehead atoms. The van der Waals surface area contributed by atoms with E-state index in [1.54, 1.807) is 11.6 Å². The van der Waals surface area contributed by atoms with E-state index < -0.39 is 0 Å². The summed E-state index contributed by atoms with van der Waals surface area (Å²) in [7, 11) is 1.76. The minimum atomic E-state index is 0.0406. The van der Waals surface area contributed by atoms with Crippen molar-refractivity contribution in [3.8, 4) is 0 Å². The summed E-state index contributed by atoms with van der Waals surface area (Å²) in [6, 6.07) is 0.653. The first kappa shape index (κ1) is 13.7. The summed E-state index contributed by atoms with van der Waals surface area (Å²) in [6.45, 7) is 12.2. The van der Waals surface area contributed by atoms with Gasteiger partial charge in [-0.1, -0.05) is 0 Å². The Morgan fingerprint density at radius 2 is 1.59 bits per heavy atom. The molecule has 4 nitrogen and oxygen atoms in total. The van der Waals surface area contributed by atoms with E-state index in [2.05, 4.69) is 37.6 Å². The molecule has 0 radical (unpaired) electrons. The second kappa shape index (κ2) is 4.90. The number of anilines is 1. The number of hydrogen-bond acceptors (Lipinski definition) is 3. The van der Waals surface area contributed by atoms with Gasteiger partial charge in [0, 0.05) is 19.1 Å². The molecule has 0 saturated carbocycles. The quantitative estimate of drug-likeness (QED) is 0.807. The van der Waals surface area contributed by atoms with Crippen LogP contribution in [0.5, 0.6) is 0 Å². The van der Waals surface area contributed by atoms with Crippen LogP contribution in [0.1, 0.15) is 39.1 Å². The maximum absolute atomic E-state index is 12.1. The van der Waals surface area contributed by atoms with Gasteiger partial charge < -0.3 is 4.90 Å². The minimum absolute atomic E-state index is 0.0406. The SMILES string of the molecule is Cc1c(N(C(C)C)C(C)C)nc(C)n(C)c1=O. The van der Waals surface area contributed by atoms with Crippen molar-refractivity contribution in [1.82, 2.24) is 9.55 Å². The molecule has 0 spiro atoms. The van der Waals surface area contributed by atoms with E-state index in [9.17, 15) is 4.79 Å². The first-order valence-electron chi connectivity index (χ1n) is 6.10. The van der Waals surface area contributed by atoms with E-state index in [0.717, 1.165) is 17.2 Å². The van der Waals surface area contributed by atoms with Gasteiger partial charge in [-0.25, -0.2) is 4.98 Å². The summed E-state index contributed by atoms with van der Waals surface area (Å²) in [4.78, 5) is 18.8. The Hall–Kier alpha value is -1.32. The van der Waals surface area contributed by atoms with Crippen molar-refractivity contribution in [2.24, 2.45) is 7.05 Å². The number of nitrogens with zero attached hydrogens (tertiary/aromatic N) is 3. The van der Waals surface area contributed by atoms with E-state index in [1.165, 1.54) is 0 Å². The molecule has 17 heavy (non-hydrogen) atoms. The second-order valence-electron chi connectivity index (χ2n) is 5.07. The number of aryl methyl sites for hydroxylation is 1. The molecule has 0 aliphatic heterocycles. The van der Waals surface area contributed by atoms with Crippen molar-refractivity contribution >= 4 is 5.82 Å². The predicted molar refractivity (Wildman–Crippen MR) is 71.7 cm³/mol. The third-order valence-electron chi connectivity index (χ3n) is 3.07. The van der Waals surface area contributed by atoms with Crippen LogP contribution in [0, 0.1) is 13.8 Å². The summed E-state index contributed by atoms with van der Waals surface area (Å²) in [5, 5.41) is 0. The fraction of sp³-hybridized carbons (Fsp3) is 0.692. The van der Waals surface area contributed by atoms with Crippen molar-refractivity contribution in [2.75, 3.05) is 4.90 Å². The molecule has 96 valence electrons. The third kappa shape index (κ3) is 2.51. The van der Waals surface area contributed by atoms with Gasteiger partial charge >= 0.3 is 0 Å². The molecule has 1 heterocycles. The fourth-order valence-corrected chi connectivity index (χ4v) is 2.14. The first-order valence-corrected chi connectivity index (χ1v) is 6.10. The zero-order valence-electron chi connectivity index (χ0n) is 11.9. The molecule has 1 rings (SSSR count). The smallest absolute Gasteiger partial charge is 0.258 e. The summed E-state index contributed by atoms with van der Waals surface area (Å²) in [5.74, 6) is 1.57. The zero-order valence-corrected chi connectivity index (χ0v) is 11.9. The molecule has 0 aliphatic carbocycles. The average Bonchev–Trinajstić information content (AvgIpc) is 2.21. The van der Waals surface area contributed by atoms with E-state index >= 15 is 0 Å². The van der Waals surface area contributed by atoms with Crippen molar-refractivity contribution in [3.05, 3.63) is 21.7 Å². The number of rotatable bonds is 3. The lowest BCUT2D eigenvalue weighted by atomic mass is 10.2. The van der Waals surface area contributed by atoms with Gasteiger partial charge in [0.15, 0.2) is 0 Å². The van der Waals surface area contributed by atoms with E-state index in [0.29, 0.717) is 12.1 Å². The van der Waals surface area contributed by atoms with Gasteiger partial charge in [-0.05, 0) is 41.5 Å². The standard InChI is InChI=1S/C13H23N3O/c1-8(2)16(9(3)4)12-10(5)13(17)15(7)11(6)14-12/h8-9H,1-7H3. The van der Waals surface area contributed by atoms with Gasteiger partial charge in [-0.15, -0.1) is 0 Å². The van der Waals surface area contributed by atoms with Crippen LogP contribution < -0.4 is 10.5 Å². The molecule has 1 aromatic heterocycles. The fourth-order valence-electron chi connectivity index (χ4n) is 2.14. The first-order chi connectivity index (χ1) is 7.77. The summed E-state index contributed by atoms with van der Waals surface area (Å²) in [5.41, 5.74) is 0.763. The Kier molecular flexibility index (Phi) is 3.96. The lowest BCUT2D eigenvalue weighted by Gasteiger charge is -2.33. The van der Waals surface area contributed by atoms with Crippen LogP contribution in [-0.2, 0) is 7.05 Å². The van der Waals surface area contributed by atoms with Gasteiger partial charge in [0.2, 0.25) is 0 Å². The Bertz CT molecular complexity index is 452. The highest BCUT2D eigenvalue weighted by molar-refractivity contribution is 5.47. The lowest BCUT2D eigenvalue weighted by molar-refractivity contribution is 0.591. The minimum Gasteiger partial charge on any atom is -0.351 e. The van der Waals surface area contributed by atoms with Crippen LogP contribution >= 0.6 is 0 Å². The topological polar surface area (TPSA) is 38.1 Å². The number of aromatic nitrogens is 2. The van der Waals surface area contributed by atoms with Crippen molar-refractivity contribution in [2.45, 2.75) is 53.6 Å². The molecule has 0 fully saturated rings. The molecule has 0 unspecified atom stereocenters. The van der Waals surface area contributed by atoms with Gasteiger partial charge in [0.1, 0.15) is 11.6 Å². The Balaban J connectivity index is 3.45. The van der Waals surface area contributed by atoms with Crippen LogP contribution in [0.4, 0.5) is 5.82 Å².